The summed E-state index contributed by atoms with van der Waals surface area (Å²) in [6.45, 7) is -0.617. The van der Waals surface area contributed by atoms with Gasteiger partial charge in [0.25, 0.3) is 0 Å². The van der Waals surface area contributed by atoms with Gasteiger partial charge < -0.3 is 0 Å². The molecule has 0 aliphatic rings. The Balaban J connectivity index is 2.73. The molecule has 0 heterocycles. The Morgan fingerprint density at radius 3 is 2.75 bits per heavy atom. The van der Waals surface area contributed by atoms with Crippen LogP contribution >= 0.6 is 15.9 Å². The van der Waals surface area contributed by atoms with Crippen LogP contribution in [0.5, 0.6) is 0 Å². The van der Waals surface area contributed by atoms with Crippen molar-refractivity contribution in [2.75, 3.05) is 6.67 Å². The Bertz CT molecular complexity index is 250. The zero-order valence-corrected chi connectivity index (χ0v) is 8.02. The van der Waals surface area contributed by atoms with E-state index in [1.807, 2.05) is 6.07 Å². The highest BCUT2D eigenvalue weighted by atomic mass is 79.9. The van der Waals surface area contributed by atoms with E-state index in [9.17, 15) is 8.78 Å². The number of hydrogen-bond acceptors (Lipinski definition) is 0. The molecule has 0 saturated heterocycles. The molecule has 0 aliphatic heterocycles. The minimum absolute atomic E-state index is 0.0591. The molecule has 0 amide bonds. The second kappa shape index (κ2) is 4.55. The molecule has 0 nitrogen and oxygen atoms in total. The third-order valence-corrected chi connectivity index (χ3v) is 2.07. The second-order valence-electron chi connectivity index (χ2n) is 2.50. The zero-order valence-electron chi connectivity index (χ0n) is 6.43. The Kier molecular flexibility index (Phi) is 3.66. The smallest absolute Gasteiger partial charge is 0.128 e. The van der Waals surface area contributed by atoms with Crippen LogP contribution in [0.3, 0.4) is 0 Å². The highest BCUT2D eigenvalue weighted by Gasteiger charge is 2.08. The Morgan fingerprint density at radius 1 is 1.42 bits per heavy atom. The van der Waals surface area contributed by atoms with Crippen LogP contribution in [0, 0.1) is 0 Å². The summed E-state index contributed by atoms with van der Waals surface area (Å²) in [4.78, 5) is 0. The van der Waals surface area contributed by atoms with Crippen LogP contribution < -0.4 is 0 Å². The van der Waals surface area contributed by atoms with Gasteiger partial charge in [-0.05, 0) is 17.7 Å². The van der Waals surface area contributed by atoms with E-state index in [0.29, 0.717) is 5.56 Å². The Labute approximate surface area is 78.7 Å². The van der Waals surface area contributed by atoms with E-state index in [1.54, 1.807) is 18.2 Å². The number of hydrogen-bond donors (Lipinski definition) is 0. The van der Waals surface area contributed by atoms with Crippen molar-refractivity contribution < 1.29 is 8.78 Å². The summed E-state index contributed by atoms with van der Waals surface area (Å²) in [7, 11) is 0. The summed E-state index contributed by atoms with van der Waals surface area (Å²) in [6, 6.07) is 6.88. The lowest BCUT2D eigenvalue weighted by Gasteiger charge is -2.05. The fourth-order valence-corrected chi connectivity index (χ4v) is 1.38. The maximum absolute atomic E-state index is 13.1. The van der Waals surface area contributed by atoms with Gasteiger partial charge >= 0.3 is 0 Å². The van der Waals surface area contributed by atoms with Crippen molar-refractivity contribution in [1.29, 1.82) is 0 Å². The molecule has 0 aromatic heterocycles. The SMILES string of the molecule is FCCC(F)c1cccc(Br)c1. The molecule has 0 N–H and O–H groups in total. The minimum Gasteiger partial charge on any atom is -0.251 e. The van der Waals surface area contributed by atoms with Gasteiger partial charge in [-0.1, -0.05) is 28.1 Å². The summed E-state index contributed by atoms with van der Waals surface area (Å²) in [5, 5.41) is 0. The quantitative estimate of drug-likeness (QED) is 0.747. The van der Waals surface area contributed by atoms with Gasteiger partial charge in [0, 0.05) is 10.9 Å². The molecule has 1 aromatic carbocycles. The predicted octanol–water partition coefficient (Wildman–Crippen LogP) is 3.82. The number of rotatable bonds is 3. The monoisotopic (exact) mass is 234 g/mol. The van der Waals surface area contributed by atoms with Gasteiger partial charge in [-0.15, -0.1) is 0 Å². The van der Waals surface area contributed by atoms with Crippen LogP contribution in [0.15, 0.2) is 28.7 Å². The summed E-state index contributed by atoms with van der Waals surface area (Å²) in [5.74, 6) is 0. The predicted molar refractivity (Wildman–Crippen MR) is 48.6 cm³/mol. The molecule has 66 valence electrons. The van der Waals surface area contributed by atoms with Crippen LogP contribution in [-0.2, 0) is 0 Å². The maximum atomic E-state index is 13.1. The lowest BCUT2D eigenvalue weighted by molar-refractivity contribution is 0.289. The highest BCUT2D eigenvalue weighted by molar-refractivity contribution is 9.10. The van der Waals surface area contributed by atoms with Gasteiger partial charge in [-0.25, -0.2) is 4.39 Å². The van der Waals surface area contributed by atoms with E-state index in [1.165, 1.54) is 0 Å². The van der Waals surface area contributed by atoms with E-state index in [0.717, 1.165) is 4.47 Å². The largest absolute Gasteiger partial charge is 0.251 e. The molecule has 0 aliphatic carbocycles. The van der Waals surface area contributed by atoms with Crippen molar-refractivity contribution >= 4 is 15.9 Å². The minimum atomic E-state index is -1.19. The first-order chi connectivity index (χ1) is 5.74. The molecule has 0 saturated carbocycles. The Morgan fingerprint density at radius 2 is 2.17 bits per heavy atom. The third-order valence-electron chi connectivity index (χ3n) is 1.57. The summed E-state index contributed by atoms with van der Waals surface area (Å²) in [5.41, 5.74) is 0.530. The molecule has 0 bridgehead atoms. The van der Waals surface area contributed by atoms with Crippen LogP contribution in [-0.4, -0.2) is 6.67 Å². The van der Waals surface area contributed by atoms with Crippen LogP contribution in [0.2, 0.25) is 0 Å². The van der Waals surface area contributed by atoms with E-state index in [-0.39, 0.29) is 6.42 Å². The summed E-state index contributed by atoms with van der Waals surface area (Å²) < 4.78 is 25.7. The van der Waals surface area contributed by atoms with E-state index in [4.69, 9.17) is 0 Å². The molecule has 0 spiro atoms. The van der Waals surface area contributed by atoms with Crippen molar-refractivity contribution in [3.05, 3.63) is 34.3 Å². The van der Waals surface area contributed by atoms with Crippen molar-refractivity contribution in [2.24, 2.45) is 0 Å². The molecule has 12 heavy (non-hydrogen) atoms. The molecule has 1 atom stereocenters. The normalized spacial score (nSPS) is 12.9. The maximum Gasteiger partial charge on any atom is 0.128 e. The standard InChI is InChI=1S/C9H9BrF2/c10-8-3-1-2-7(6-8)9(12)4-5-11/h1-3,6,9H,4-5H2. The average Bonchev–Trinajstić information content (AvgIpc) is 2.05. The molecule has 1 aromatic rings. The zero-order chi connectivity index (χ0) is 8.97. The summed E-state index contributed by atoms with van der Waals surface area (Å²) >= 11 is 3.22. The van der Waals surface area contributed by atoms with E-state index < -0.39 is 12.8 Å². The molecule has 3 heteroatoms. The van der Waals surface area contributed by atoms with Crippen LogP contribution in [0.4, 0.5) is 8.78 Å². The lowest BCUT2D eigenvalue weighted by Crippen LogP contribution is -1.92. The molecule has 0 fully saturated rings. The van der Waals surface area contributed by atoms with Crippen molar-refractivity contribution in [2.45, 2.75) is 12.6 Å². The fourth-order valence-electron chi connectivity index (χ4n) is 0.964. The molecular formula is C9H9BrF2. The van der Waals surface area contributed by atoms with E-state index >= 15 is 0 Å². The number of benzene rings is 1. The second-order valence-corrected chi connectivity index (χ2v) is 3.42. The topological polar surface area (TPSA) is 0 Å². The Hall–Kier alpha value is -0.440. The first kappa shape index (κ1) is 9.65. The van der Waals surface area contributed by atoms with Crippen molar-refractivity contribution in [3.8, 4) is 0 Å². The first-order valence-electron chi connectivity index (χ1n) is 3.69. The van der Waals surface area contributed by atoms with Gasteiger partial charge in [0.1, 0.15) is 6.17 Å². The molecule has 0 radical (unpaired) electrons. The van der Waals surface area contributed by atoms with Gasteiger partial charge in [0.15, 0.2) is 0 Å². The molecule has 1 rings (SSSR count). The van der Waals surface area contributed by atoms with Crippen LogP contribution in [0.25, 0.3) is 0 Å². The van der Waals surface area contributed by atoms with Crippen molar-refractivity contribution in [3.63, 3.8) is 0 Å². The van der Waals surface area contributed by atoms with Crippen molar-refractivity contribution in [1.82, 2.24) is 0 Å². The fraction of sp³-hybridized carbons (Fsp3) is 0.333. The van der Waals surface area contributed by atoms with Gasteiger partial charge in [0.05, 0.1) is 6.67 Å². The lowest BCUT2D eigenvalue weighted by atomic mass is 10.1. The number of halogens is 3. The van der Waals surface area contributed by atoms with Gasteiger partial charge in [-0.3, -0.25) is 4.39 Å². The van der Waals surface area contributed by atoms with Crippen LogP contribution in [0.1, 0.15) is 18.2 Å². The third kappa shape index (κ3) is 2.55. The average molecular weight is 235 g/mol. The molecule has 1 unspecified atom stereocenters. The van der Waals surface area contributed by atoms with Gasteiger partial charge in [-0.2, -0.15) is 0 Å². The highest BCUT2D eigenvalue weighted by Crippen LogP contribution is 2.23. The first-order valence-corrected chi connectivity index (χ1v) is 4.49. The summed E-state index contributed by atoms with van der Waals surface area (Å²) in [6.07, 6.45) is -1.25. The van der Waals surface area contributed by atoms with Gasteiger partial charge in [0.2, 0.25) is 0 Å². The molecular weight excluding hydrogens is 226 g/mol. The van der Waals surface area contributed by atoms with E-state index in [2.05, 4.69) is 15.9 Å². The number of alkyl halides is 2.